The Morgan fingerprint density at radius 1 is 0.789 bits per heavy atom. The summed E-state index contributed by atoms with van der Waals surface area (Å²) in [7, 11) is 6.32. The predicted octanol–water partition coefficient (Wildman–Crippen LogP) is 6.52. The van der Waals surface area contributed by atoms with Crippen LogP contribution in [0.15, 0.2) is 131 Å². The number of halogens is 5. The topological polar surface area (TPSA) is 198 Å². The van der Waals surface area contributed by atoms with E-state index in [1.54, 1.807) is 61.3 Å². The highest BCUT2D eigenvalue weighted by Gasteiger charge is 2.45. The number of alkyl halides is 3. The molecule has 16 nitrogen and oxygen atoms in total. The van der Waals surface area contributed by atoms with Crippen LogP contribution in [0.1, 0.15) is 61.1 Å². The van der Waals surface area contributed by atoms with E-state index in [4.69, 9.17) is 4.74 Å². The summed E-state index contributed by atoms with van der Waals surface area (Å²) in [6.07, 6.45) is -1.63. The molecule has 0 aliphatic carbocycles. The Morgan fingerprint density at radius 2 is 1.34 bits per heavy atom. The maximum Gasteiger partial charge on any atom is 0.490 e. The molecule has 4 unspecified atom stereocenters. The van der Waals surface area contributed by atoms with Crippen LogP contribution in [0, 0.1) is 11.6 Å². The molecule has 21 heteroatoms. The first kappa shape index (κ1) is 48.8. The zero-order chi connectivity index (χ0) is 51.1. The van der Waals surface area contributed by atoms with Gasteiger partial charge in [0.2, 0.25) is 10.9 Å². The van der Waals surface area contributed by atoms with Crippen molar-refractivity contribution < 1.29 is 51.3 Å². The molecule has 1 aliphatic heterocycles. The lowest BCUT2D eigenvalue weighted by atomic mass is 9.83. The third-order valence-electron chi connectivity index (χ3n) is 12.4. The molecule has 8 aromatic rings. The molecule has 0 fully saturated rings. The molecule has 0 bridgehead atoms. The molecular formula is C50H43F5N8O8. The molecule has 71 heavy (non-hydrogen) atoms. The predicted molar refractivity (Wildman–Crippen MR) is 248 cm³/mol. The number of esters is 1. The number of fused-ring (bicyclic) bond motifs is 3. The van der Waals surface area contributed by atoms with E-state index in [9.17, 15) is 56.1 Å². The molecule has 2 amide bonds. The summed E-state index contributed by atoms with van der Waals surface area (Å²) in [4.78, 5) is 64.1. The van der Waals surface area contributed by atoms with E-state index in [0.29, 0.717) is 28.6 Å². The van der Waals surface area contributed by atoms with E-state index in [1.165, 1.54) is 47.0 Å². The van der Waals surface area contributed by atoms with Gasteiger partial charge in [-0.2, -0.15) is 23.4 Å². The molecule has 4 aromatic heterocycles. The number of ether oxygens (including phenoxy) is 1. The molecular weight excluding hydrogens is 936 g/mol. The minimum absolute atomic E-state index is 0.122. The van der Waals surface area contributed by atoms with Gasteiger partial charge in [-0.25, -0.2) is 13.6 Å². The Hall–Kier alpha value is -8.62. The van der Waals surface area contributed by atoms with Crippen molar-refractivity contribution in [1.29, 1.82) is 0 Å². The second kappa shape index (κ2) is 19.4. The Morgan fingerprint density at radius 3 is 1.93 bits per heavy atom. The first-order valence-corrected chi connectivity index (χ1v) is 21.7. The third-order valence-corrected chi connectivity index (χ3v) is 12.4. The van der Waals surface area contributed by atoms with Gasteiger partial charge in [0.25, 0.3) is 11.8 Å². The van der Waals surface area contributed by atoms with Crippen molar-refractivity contribution in [3.63, 3.8) is 0 Å². The summed E-state index contributed by atoms with van der Waals surface area (Å²) in [6, 6.07) is 26.2. The number of aryl methyl sites for hydroxylation is 2. The van der Waals surface area contributed by atoms with Crippen LogP contribution in [0.25, 0.3) is 21.8 Å². The Bertz CT molecular complexity index is 3450. The fraction of sp³-hybridized carbons (Fsp3) is 0.220. The normalized spacial score (nSPS) is 14.9. The van der Waals surface area contributed by atoms with Crippen LogP contribution >= 0.6 is 0 Å². The SMILES string of the molecule is CN(CC(OC(=O)C(F)(F)F)C(c1ccccc1)c1cn(C)c2cc(F)ccc12)C(=O)c1[nH]ncc(=O)c1O.CN1CC(C(c2ccccc2)c2cn(C)c3cc(F)ccc23)n2ncc(=O)c(O)c2C1=O. The van der Waals surface area contributed by atoms with Gasteiger partial charge in [-0.1, -0.05) is 60.7 Å². The van der Waals surface area contributed by atoms with Crippen LogP contribution in [-0.2, 0) is 23.6 Å². The van der Waals surface area contributed by atoms with E-state index in [0.717, 1.165) is 39.3 Å². The lowest BCUT2D eigenvalue weighted by Crippen LogP contribution is -2.45. The summed E-state index contributed by atoms with van der Waals surface area (Å²) in [5, 5.41) is 31.7. The number of H-pyrrole nitrogens is 1. The van der Waals surface area contributed by atoms with Gasteiger partial charge >= 0.3 is 12.1 Å². The van der Waals surface area contributed by atoms with Gasteiger partial charge in [-0.05, 0) is 58.7 Å². The summed E-state index contributed by atoms with van der Waals surface area (Å²) in [5.74, 6) is -7.64. The number of hydrogen-bond donors (Lipinski definition) is 3. The highest BCUT2D eigenvalue weighted by Crippen LogP contribution is 2.43. The second-order valence-corrected chi connectivity index (χ2v) is 17.0. The second-order valence-electron chi connectivity index (χ2n) is 17.0. The number of nitrogens with one attached hydrogen (secondary N) is 1. The fourth-order valence-corrected chi connectivity index (χ4v) is 9.07. The van der Waals surface area contributed by atoms with E-state index < -0.39 is 82.4 Å². The molecule has 0 saturated carbocycles. The monoisotopic (exact) mass is 978 g/mol. The molecule has 366 valence electrons. The van der Waals surface area contributed by atoms with Crippen LogP contribution in [0.2, 0.25) is 0 Å². The number of likely N-dealkylation sites (N-methyl/N-ethyl adjacent to an activating group) is 2. The van der Waals surface area contributed by atoms with Crippen molar-refractivity contribution in [2.24, 2.45) is 14.1 Å². The molecule has 4 atom stereocenters. The number of carbonyl (C=O) groups excluding carboxylic acids is 3. The van der Waals surface area contributed by atoms with Gasteiger partial charge < -0.3 is 33.9 Å². The Kier molecular flexibility index (Phi) is 13.3. The van der Waals surface area contributed by atoms with E-state index in [-0.39, 0.29) is 17.4 Å². The van der Waals surface area contributed by atoms with Crippen molar-refractivity contribution in [3.05, 3.63) is 188 Å². The van der Waals surface area contributed by atoms with Crippen molar-refractivity contribution >= 4 is 39.6 Å². The van der Waals surface area contributed by atoms with Gasteiger partial charge in [-0.3, -0.25) is 29.0 Å². The standard InChI is InChI=1S/C26H22F4N4O5.C24H21FN4O3/c1-33-12-17(16-9-8-15(27)10-18(16)33)21(14-6-4-3-5-7-14)20(39-25(38)26(28,29)30)13-34(2)24(37)22-23(36)19(35)11-31-32-22;1-27-12-17(16-9-8-15(25)10-18(16)27)21(14-6-4-3-5-7-14)19-13-28(2)24(32)22-23(31)20(30)11-26-29(19)22/h3-12,20-21H,13H2,1-2H3,(H,31,36)(H,32,35);3-12,19,21,31H,13H2,1-2H3. The van der Waals surface area contributed by atoms with Crippen LogP contribution in [0.3, 0.4) is 0 Å². The number of benzene rings is 4. The molecule has 0 spiro atoms. The number of aromatic hydroxyl groups is 2. The van der Waals surface area contributed by atoms with Crippen LogP contribution < -0.4 is 10.9 Å². The van der Waals surface area contributed by atoms with E-state index in [2.05, 4.69) is 15.3 Å². The quantitative estimate of drug-likeness (QED) is 0.100. The van der Waals surface area contributed by atoms with Gasteiger partial charge in [0, 0.05) is 69.7 Å². The third kappa shape index (κ3) is 9.57. The largest absolute Gasteiger partial charge is 0.502 e. The fourth-order valence-electron chi connectivity index (χ4n) is 9.07. The maximum atomic E-state index is 14.0. The molecule has 4 aromatic carbocycles. The summed E-state index contributed by atoms with van der Waals surface area (Å²) >= 11 is 0. The molecule has 3 N–H and O–H groups in total. The zero-order valence-electron chi connectivity index (χ0n) is 38.1. The van der Waals surface area contributed by atoms with Crippen molar-refractivity contribution in [2.75, 3.05) is 27.2 Å². The zero-order valence-corrected chi connectivity index (χ0v) is 38.1. The average molecular weight is 979 g/mol. The molecule has 5 heterocycles. The number of rotatable bonds is 10. The number of hydrogen-bond acceptors (Lipinski definition) is 10. The van der Waals surface area contributed by atoms with E-state index in [1.807, 2.05) is 48.1 Å². The number of aromatic amines is 1. The van der Waals surface area contributed by atoms with Crippen molar-refractivity contribution in [1.82, 2.24) is 38.9 Å². The highest BCUT2D eigenvalue weighted by molar-refractivity contribution is 5.96. The molecule has 9 rings (SSSR count). The first-order chi connectivity index (χ1) is 33.7. The van der Waals surface area contributed by atoms with E-state index >= 15 is 0 Å². The average Bonchev–Trinajstić information content (AvgIpc) is 3.83. The van der Waals surface area contributed by atoms with Crippen molar-refractivity contribution in [2.45, 2.75) is 30.2 Å². The summed E-state index contributed by atoms with van der Waals surface area (Å²) in [6.45, 7) is -0.271. The number of amides is 2. The maximum absolute atomic E-state index is 14.0. The Labute approximate surface area is 399 Å². The smallest absolute Gasteiger partial charge is 0.490 e. The first-order valence-electron chi connectivity index (χ1n) is 21.7. The lowest BCUT2D eigenvalue weighted by Gasteiger charge is -2.37. The molecule has 0 radical (unpaired) electrons. The summed E-state index contributed by atoms with van der Waals surface area (Å²) in [5.41, 5.74) is 1.60. The lowest BCUT2D eigenvalue weighted by molar-refractivity contribution is -0.205. The number of carbonyl (C=O) groups is 3. The van der Waals surface area contributed by atoms with Gasteiger partial charge in [-0.15, -0.1) is 0 Å². The minimum Gasteiger partial charge on any atom is -0.502 e. The van der Waals surface area contributed by atoms with Crippen LogP contribution in [0.4, 0.5) is 22.0 Å². The summed E-state index contributed by atoms with van der Waals surface area (Å²) < 4.78 is 77.9. The molecule has 0 saturated heterocycles. The van der Waals surface area contributed by atoms with Gasteiger partial charge in [0.05, 0.1) is 36.0 Å². The van der Waals surface area contributed by atoms with Crippen LogP contribution in [0.5, 0.6) is 11.5 Å². The number of nitrogens with zero attached hydrogens (tertiary/aromatic N) is 7. The van der Waals surface area contributed by atoms with Crippen molar-refractivity contribution in [3.8, 4) is 11.5 Å². The molecule has 1 aliphatic rings. The van der Waals surface area contributed by atoms with Gasteiger partial charge in [0.15, 0.2) is 22.9 Å². The van der Waals surface area contributed by atoms with Crippen LogP contribution in [-0.4, -0.2) is 106 Å². The Balaban J connectivity index is 0.000000194. The van der Waals surface area contributed by atoms with Gasteiger partial charge in [0.1, 0.15) is 17.7 Å². The minimum atomic E-state index is -5.34. The highest BCUT2D eigenvalue weighted by atomic mass is 19.4. The number of aromatic nitrogens is 6.